The molecule has 0 spiro atoms. The van der Waals surface area contributed by atoms with E-state index in [4.69, 9.17) is 21.1 Å². The van der Waals surface area contributed by atoms with Crippen molar-refractivity contribution in [1.82, 2.24) is 0 Å². The summed E-state index contributed by atoms with van der Waals surface area (Å²) in [6.07, 6.45) is 3.82. The van der Waals surface area contributed by atoms with E-state index in [2.05, 4.69) is 0 Å². The Hall–Kier alpha value is -1.06. The Morgan fingerprint density at radius 3 is 2.50 bits per heavy atom. The zero-order chi connectivity index (χ0) is 15.0. The second-order valence-corrected chi connectivity index (χ2v) is 6.78. The van der Waals surface area contributed by atoms with Crippen molar-refractivity contribution < 1.29 is 14.3 Å². The van der Waals surface area contributed by atoms with Gasteiger partial charge in [0.05, 0.1) is 0 Å². The summed E-state index contributed by atoms with van der Waals surface area (Å²) in [5, 5.41) is 0.716. The molecule has 0 aliphatic rings. The fourth-order valence-corrected chi connectivity index (χ4v) is 3.45. The predicted octanol–water partition coefficient (Wildman–Crippen LogP) is 2.32. The van der Waals surface area contributed by atoms with Crippen molar-refractivity contribution >= 4 is 37.0 Å². The number of hydrogen-bond acceptors (Lipinski definition) is 3. The van der Waals surface area contributed by atoms with E-state index in [9.17, 15) is 4.79 Å². The average Bonchev–Trinajstić information content (AvgIpc) is 2.46. The third-order valence-corrected chi connectivity index (χ3v) is 4.78. The molecule has 0 saturated heterocycles. The van der Waals surface area contributed by atoms with Gasteiger partial charge in [-0.1, -0.05) is 0 Å². The van der Waals surface area contributed by atoms with Gasteiger partial charge in [0.2, 0.25) is 0 Å². The molecular weight excluding hydrogens is 343 g/mol. The molecule has 0 saturated carbocycles. The molecular formula is C15H17ClO3Se. The molecule has 0 amide bonds. The van der Waals surface area contributed by atoms with Gasteiger partial charge in [0.1, 0.15) is 0 Å². The molecule has 0 radical (unpaired) electrons. The van der Waals surface area contributed by atoms with Crippen LogP contribution in [0.5, 0.6) is 0 Å². The minimum atomic E-state index is -0.319. The topological polar surface area (TPSA) is 35.5 Å². The molecule has 1 aromatic rings. The molecule has 1 aromatic carbocycles. The number of hydrogen-bond donors (Lipinski definition) is 0. The maximum atomic E-state index is 11.5. The van der Waals surface area contributed by atoms with Crippen molar-refractivity contribution in [3.8, 4) is 0 Å². The third-order valence-electron chi connectivity index (χ3n) is 2.37. The normalized spacial score (nSPS) is 12.4. The van der Waals surface area contributed by atoms with Gasteiger partial charge in [0.15, 0.2) is 0 Å². The van der Waals surface area contributed by atoms with Crippen LogP contribution in [0.4, 0.5) is 0 Å². The molecule has 0 aromatic heterocycles. The molecule has 3 nitrogen and oxygen atoms in total. The first-order chi connectivity index (χ1) is 9.56. The number of esters is 1. The van der Waals surface area contributed by atoms with Gasteiger partial charge >= 0.3 is 130 Å². The van der Waals surface area contributed by atoms with Gasteiger partial charge in [0, 0.05) is 0 Å². The fraction of sp³-hybridized carbons (Fsp3) is 0.267. The van der Waals surface area contributed by atoms with E-state index >= 15 is 0 Å². The van der Waals surface area contributed by atoms with Gasteiger partial charge in [-0.3, -0.25) is 0 Å². The molecule has 0 heterocycles. The quantitative estimate of drug-likeness (QED) is 0.338. The van der Waals surface area contributed by atoms with Crippen LogP contribution >= 0.6 is 11.6 Å². The molecule has 0 aliphatic carbocycles. The fourth-order valence-electron chi connectivity index (χ4n) is 1.37. The summed E-state index contributed by atoms with van der Waals surface area (Å²) in [4.78, 5) is 11.5. The van der Waals surface area contributed by atoms with Crippen LogP contribution in [0.15, 0.2) is 46.5 Å². The van der Waals surface area contributed by atoms with Crippen molar-refractivity contribution in [2.45, 2.75) is 6.92 Å². The standard InChI is InChI=1S/C15H17ClO3Se/c1-11(15(17)19-3)10-14(8-9-18-2)20-13-6-4-12(16)5-7-13/h4-8,10H,9H2,1-3H3/b11-10+,14-8-. The van der Waals surface area contributed by atoms with Gasteiger partial charge < -0.3 is 0 Å². The summed E-state index contributed by atoms with van der Waals surface area (Å²) >= 11 is 5.96. The zero-order valence-corrected chi connectivity index (χ0v) is 14.2. The van der Waals surface area contributed by atoms with Crippen molar-refractivity contribution in [3.63, 3.8) is 0 Å². The number of carbonyl (C=O) groups excluding carboxylic acids is 1. The van der Waals surface area contributed by atoms with E-state index in [1.807, 2.05) is 36.4 Å². The Kier molecular flexibility index (Phi) is 7.63. The first-order valence-corrected chi connectivity index (χ1v) is 8.05. The van der Waals surface area contributed by atoms with Crippen LogP contribution in [0.2, 0.25) is 5.02 Å². The summed E-state index contributed by atoms with van der Waals surface area (Å²) in [5.41, 5.74) is 0.575. The van der Waals surface area contributed by atoms with Gasteiger partial charge in [-0.15, -0.1) is 0 Å². The van der Waals surface area contributed by atoms with E-state index in [0.717, 1.165) is 4.47 Å². The van der Waals surface area contributed by atoms with Crippen LogP contribution in [0, 0.1) is 0 Å². The Morgan fingerprint density at radius 2 is 1.95 bits per heavy atom. The van der Waals surface area contributed by atoms with E-state index in [-0.39, 0.29) is 20.9 Å². The average molecular weight is 360 g/mol. The molecule has 0 aliphatic heterocycles. The van der Waals surface area contributed by atoms with Crippen LogP contribution in [0.25, 0.3) is 0 Å². The number of halogens is 1. The van der Waals surface area contributed by atoms with Crippen LogP contribution in [0.1, 0.15) is 6.92 Å². The number of methoxy groups -OCH3 is 2. The number of rotatable bonds is 6. The number of allylic oxidation sites excluding steroid dienone is 2. The van der Waals surface area contributed by atoms with Gasteiger partial charge in [-0.05, 0) is 0 Å². The molecule has 0 atom stereocenters. The van der Waals surface area contributed by atoms with E-state index in [1.54, 1.807) is 14.0 Å². The summed E-state index contributed by atoms with van der Waals surface area (Å²) in [5.74, 6) is -0.319. The first kappa shape index (κ1) is 17.0. The second kappa shape index (κ2) is 8.98. The minimum absolute atomic E-state index is 0.0817. The van der Waals surface area contributed by atoms with E-state index in [1.165, 1.54) is 11.6 Å². The molecule has 20 heavy (non-hydrogen) atoms. The molecule has 108 valence electrons. The van der Waals surface area contributed by atoms with Crippen LogP contribution < -0.4 is 4.46 Å². The van der Waals surface area contributed by atoms with Crippen LogP contribution in [-0.4, -0.2) is 41.8 Å². The Bertz CT molecular complexity index is 506. The SMILES string of the molecule is COC/C=C(/C=C(\C)C(=O)OC)[Se]c1ccc(Cl)cc1. The molecule has 0 N–H and O–H groups in total. The maximum absolute atomic E-state index is 11.5. The van der Waals surface area contributed by atoms with Gasteiger partial charge in [0.25, 0.3) is 0 Å². The number of benzene rings is 1. The van der Waals surface area contributed by atoms with E-state index < -0.39 is 0 Å². The summed E-state index contributed by atoms with van der Waals surface area (Å²) < 4.78 is 12.0. The molecule has 1 rings (SSSR count). The van der Waals surface area contributed by atoms with Crippen LogP contribution in [0.3, 0.4) is 0 Å². The monoisotopic (exact) mass is 360 g/mol. The van der Waals surface area contributed by atoms with Crippen molar-refractivity contribution in [3.05, 3.63) is 51.5 Å². The van der Waals surface area contributed by atoms with Crippen molar-refractivity contribution in [2.24, 2.45) is 0 Å². The Morgan fingerprint density at radius 1 is 1.30 bits per heavy atom. The Labute approximate surface area is 130 Å². The number of carbonyl (C=O) groups is 1. The van der Waals surface area contributed by atoms with Crippen molar-refractivity contribution in [2.75, 3.05) is 20.8 Å². The second-order valence-electron chi connectivity index (χ2n) is 3.94. The summed E-state index contributed by atoms with van der Waals surface area (Å²) in [7, 11) is 3.02. The van der Waals surface area contributed by atoms with E-state index in [0.29, 0.717) is 17.2 Å². The molecule has 5 heteroatoms. The Balaban J connectivity index is 2.90. The molecule has 0 bridgehead atoms. The summed E-state index contributed by atoms with van der Waals surface area (Å²) in [6, 6.07) is 7.71. The molecule has 0 fully saturated rings. The molecule has 0 unspecified atom stereocenters. The summed E-state index contributed by atoms with van der Waals surface area (Å²) in [6.45, 7) is 2.25. The van der Waals surface area contributed by atoms with Gasteiger partial charge in [-0.2, -0.15) is 0 Å². The van der Waals surface area contributed by atoms with Gasteiger partial charge in [-0.25, -0.2) is 0 Å². The van der Waals surface area contributed by atoms with Crippen LogP contribution in [-0.2, 0) is 14.3 Å². The predicted molar refractivity (Wildman–Crippen MR) is 82.6 cm³/mol. The number of ether oxygens (including phenoxy) is 2. The zero-order valence-electron chi connectivity index (χ0n) is 11.7. The first-order valence-electron chi connectivity index (χ1n) is 5.96. The van der Waals surface area contributed by atoms with Crippen molar-refractivity contribution in [1.29, 1.82) is 0 Å². The third kappa shape index (κ3) is 5.93.